The van der Waals surface area contributed by atoms with Crippen LogP contribution in [0, 0.1) is 0 Å². The number of imidazole rings is 1. The van der Waals surface area contributed by atoms with Crippen LogP contribution in [0.3, 0.4) is 0 Å². The van der Waals surface area contributed by atoms with Gasteiger partial charge in [-0.15, -0.1) is 0 Å². The Kier molecular flexibility index (Phi) is 3.78. The number of halogens is 2. The van der Waals surface area contributed by atoms with E-state index < -0.39 is 6.10 Å². The minimum Gasteiger partial charge on any atom is -0.388 e. The second kappa shape index (κ2) is 5.12. The van der Waals surface area contributed by atoms with Crippen LogP contribution in [-0.2, 0) is 6.42 Å². The molecule has 1 aromatic carbocycles. The molecule has 0 aliphatic rings. The van der Waals surface area contributed by atoms with Gasteiger partial charge < -0.3 is 10.1 Å². The van der Waals surface area contributed by atoms with Crippen molar-refractivity contribution in [2.75, 3.05) is 0 Å². The minimum absolute atomic E-state index is 0.474. The molecule has 1 unspecified atom stereocenters. The highest BCUT2D eigenvalue weighted by Crippen LogP contribution is 2.28. The standard InChI is InChI=1S/C11H10Br2N2O/c12-7-1-2-9(13)8(5-7)10(16)6-11-14-3-4-15-11/h1-5,10,16H,6H2,(H,14,15). The largest absolute Gasteiger partial charge is 0.388 e. The lowest BCUT2D eigenvalue weighted by Gasteiger charge is -2.11. The van der Waals surface area contributed by atoms with Gasteiger partial charge in [-0.3, -0.25) is 0 Å². The predicted molar refractivity (Wildman–Crippen MR) is 69.1 cm³/mol. The van der Waals surface area contributed by atoms with E-state index in [0.717, 1.165) is 20.3 Å². The van der Waals surface area contributed by atoms with Gasteiger partial charge in [0.15, 0.2) is 0 Å². The van der Waals surface area contributed by atoms with Crippen LogP contribution >= 0.6 is 31.9 Å². The molecule has 2 aromatic rings. The van der Waals surface area contributed by atoms with Gasteiger partial charge in [0.1, 0.15) is 5.82 Å². The summed E-state index contributed by atoms with van der Waals surface area (Å²) in [4.78, 5) is 7.06. The molecule has 16 heavy (non-hydrogen) atoms. The SMILES string of the molecule is OC(Cc1ncc[nH]1)c1cc(Br)ccc1Br. The lowest BCUT2D eigenvalue weighted by molar-refractivity contribution is 0.175. The van der Waals surface area contributed by atoms with Crippen LogP contribution in [0.2, 0.25) is 0 Å². The fourth-order valence-corrected chi connectivity index (χ4v) is 2.36. The van der Waals surface area contributed by atoms with Crippen LogP contribution in [0.15, 0.2) is 39.5 Å². The van der Waals surface area contributed by atoms with Crippen molar-refractivity contribution in [3.05, 3.63) is 50.9 Å². The molecule has 2 rings (SSSR count). The van der Waals surface area contributed by atoms with Gasteiger partial charge in [-0.05, 0) is 23.8 Å². The quantitative estimate of drug-likeness (QED) is 0.897. The van der Waals surface area contributed by atoms with E-state index in [-0.39, 0.29) is 0 Å². The molecule has 0 spiro atoms. The van der Waals surface area contributed by atoms with E-state index in [1.54, 1.807) is 12.4 Å². The summed E-state index contributed by atoms with van der Waals surface area (Å²) in [6.45, 7) is 0. The van der Waals surface area contributed by atoms with E-state index >= 15 is 0 Å². The lowest BCUT2D eigenvalue weighted by atomic mass is 10.1. The van der Waals surface area contributed by atoms with Gasteiger partial charge in [0.05, 0.1) is 6.10 Å². The van der Waals surface area contributed by atoms with Crippen LogP contribution in [-0.4, -0.2) is 15.1 Å². The molecule has 0 fully saturated rings. The molecule has 3 nitrogen and oxygen atoms in total. The Balaban J connectivity index is 2.20. The molecule has 5 heteroatoms. The highest BCUT2D eigenvalue weighted by atomic mass is 79.9. The number of aliphatic hydroxyl groups is 1. The van der Waals surface area contributed by atoms with Crippen LogP contribution in [0.25, 0.3) is 0 Å². The van der Waals surface area contributed by atoms with Gasteiger partial charge in [-0.1, -0.05) is 31.9 Å². The highest BCUT2D eigenvalue weighted by molar-refractivity contribution is 9.11. The van der Waals surface area contributed by atoms with Gasteiger partial charge in [-0.25, -0.2) is 4.98 Å². The topological polar surface area (TPSA) is 48.9 Å². The summed E-state index contributed by atoms with van der Waals surface area (Å²) < 4.78 is 1.85. The van der Waals surface area contributed by atoms with Crippen molar-refractivity contribution in [3.8, 4) is 0 Å². The molecule has 0 radical (unpaired) electrons. The molecule has 0 aliphatic heterocycles. The van der Waals surface area contributed by atoms with Crippen molar-refractivity contribution in [2.45, 2.75) is 12.5 Å². The average molecular weight is 346 g/mol. The first-order valence-corrected chi connectivity index (χ1v) is 6.36. The first-order valence-electron chi connectivity index (χ1n) is 4.78. The Morgan fingerprint density at radius 1 is 1.38 bits per heavy atom. The molecule has 0 bridgehead atoms. The van der Waals surface area contributed by atoms with Crippen molar-refractivity contribution in [3.63, 3.8) is 0 Å². The second-order valence-electron chi connectivity index (χ2n) is 3.42. The van der Waals surface area contributed by atoms with Gasteiger partial charge in [0.25, 0.3) is 0 Å². The Morgan fingerprint density at radius 2 is 2.19 bits per heavy atom. The van der Waals surface area contributed by atoms with E-state index in [9.17, 15) is 5.11 Å². The Labute approximate surface area is 110 Å². The van der Waals surface area contributed by atoms with E-state index in [1.807, 2.05) is 18.2 Å². The van der Waals surface area contributed by atoms with Crippen molar-refractivity contribution in [1.82, 2.24) is 9.97 Å². The van der Waals surface area contributed by atoms with E-state index in [1.165, 1.54) is 0 Å². The summed E-state index contributed by atoms with van der Waals surface area (Å²) in [7, 11) is 0. The summed E-state index contributed by atoms with van der Waals surface area (Å²) >= 11 is 6.81. The normalized spacial score (nSPS) is 12.7. The molecular weight excluding hydrogens is 336 g/mol. The summed E-state index contributed by atoms with van der Waals surface area (Å²) in [6.07, 6.45) is 3.33. The second-order valence-corrected chi connectivity index (χ2v) is 5.19. The number of nitrogens with zero attached hydrogens (tertiary/aromatic N) is 1. The number of rotatable bonds is 3. The van der Waals surface area contributed by atoms with E-state index in [4.69, 9.17) is 0 Å². The number of hydrogen-bond acceptors (Lipinski definition) is 2. The molecule has 0 saturated heterocycles. The lowest BCUT2D eigenvalue weighted by Crippen LogP contribution is -2.04. The molecule has 0 saturated carbocycles. The Hall–Kier alpha value is -0.650. The molecule has 0 amide bonds. The number of aromatic amines is 1. The number of aliphatic hydroxyl groups excluding tert-OH is 1. The zero-order valence-electron chi connectivity index (χ0n) is 8.32. The average Bonchev–Trinajstić information content (AvgIpc) is 2.74. The van der Waals surface area contributed by atoms with Crippen molar-refractivity contribution < 1.29 is 5.11 Å². The third-order valence-electron chi connectivity index (χ3n) is 2.26. The van der Waals surface area contributed by atoms with E-state index in [0.29, 0.717) is 6.42 Å². The number of nitrogens with one attached hydrogen (secondary N) is 1. The summed E-state index contributed by atoms with van der Waals surface area (Å²) in [6, 6.07) is 5.73. The van der Waals surface area contributed by atoms with Crippen LogP contribution < -0.4 is 0 Å². The molecule has 1 atom stereocenters. The predicted octanol–water partition coefficient (Wildman–Crippen LogP) is 3.21. The maximum Gasteiger partial charge on any atom is 0.108 e. The first-order chi connectivity index (χ1) is 7.66. The van der Waals surface area contributed by atoms with Gasteiger partial charge >= 0.3 is 0 Å². The minimum atomic E-state index is -0.571. The zero-order chi connectivity index (χ0) is 11.5. The molecular formula is C11H10Br2N2O. The third kappa shape index (κ3) is 2.72. The summed E-state index contributed by atoms with van der Waals surface area (Å²) in [5.41, 5.74) is 0.853. The Morgan fingerprint density at radius 3 is 2.88 bits per heavy atom. The first kappa shape index (κ1) is 11.8. The highest BCUT2D eigenvalue weighted by Gasteiger charge is 2.13. The van der Waals surface area contributed by atoms with Crippen LogP contribution in [0.5, 0.6) is 0 Å². The Bertz CT molecular complexity index is 471. The summed E-state index contributed by atoms with van der Waals surface area (Å²) in [5.74, 6) is 0.777. The maximum absolute atomic E-state index is 10.1. The van der Waals surface area contributed by atoms with Crippen LogP contribution in [0.4, 0.5) is 0 Å². The molecule has 1 aromatic heterocycles. The maximum atomic E-state index is 10.1. The van der Waals surface area contributed by atoms with Crippen LogP contribution in [0.1, 0.15) is 17.5 Å². The molecule has 0 aliphatic carbocycles. The number of H-pyrrole nitrogens is 1. The molecule has 2 N–H and O–H groups in total. The summed E-state index contributed by atoms with van der Waals surface area (Å²) in [5, 5.41) is 10.1. The van der Waals surface area contributed by atoms with Gasteiger partial charge in [0, 0.05) is 27.8 Å². The molecule has 84 valence electrons. The number of hydrogen-bond donors (Lipinski definition) is 2. The van der Waals surface area contributed by atoms with Gasteiger partial charge in [0.2, 0.25) is 0 Å². The third-order valence-corrected chi connectivity index (χ3v) is 3.47. The molecule has 1 heterocycles. The fourth-order valence-electron chi connectivity index (χ4n) is 1.47. The van der Waals surface area contributed by atoms with Crippen molar-refractivity contribution in [2.24, 2.45) is 0 Å². The number of benzene rings is 1. The zero-order valence-corrected chi connectivity index (χ0v) is 11.5. The van der Waals surface area contributed by atoms with Gasteiger partial charge in [-0.2, -0.15) is 0 Å². The monoisotopic (exact) mass is 344 g/mol. The smallest absolute Gasteiger partial charge is 0.108 e. The fraction of sp³-hybridized carbons (Fsp3) is 0.182. The van der Waals surface area contributed by atoms with Crippen molar-refractivity contribution in [1.29, 1.82) is 0 Å². The van der Waals surface area contributed by atoms with E-state index in [2.05, 4.69) is 41.8 Å². The number of aromatic nitrogens is 2. The van der Waals surface area contributed by atoms with Crippen molar-refractivity contribution >= 4 is 31.9 Å².